The van der Waals surface area contributed by atoms with Crippen LogP contribution in [0.1, 0.15) is 0 Å². The second-order valence-electron chi connectivity index (χ2n) is 13.0. The van der Waals surface area contributed by atoms with Gasteiger partial charge in [-0.05, 0) is 112 Å². The first kappa shape index (κ1) is 29.1. The number of fused-ring (bicyclic) bond motifs is 6. The number of anilines is 3. The first-order valence-electron chi connectivity index (χ1n) is 17.2. The van der Waals surface area contributed by atoms with Crippen LogP contribution in [0.3, 0.4) is 0 Å². The van der Waals surface area contributed by atoms with Crippen LogP contribution < -0.4 is 4.90 Å². The number of rotatable bonds is 6. The van der Waals surface area contributed by atoms with Crippen LogP contribution in [0.4, 0.5) is 17.1 Å². The summed E-state index contributed by atoms with van der Waals surface area (Å²) in [6.45, 7) is 0. The molecule has 3 nitrogen and oxygen atoms in total. The molecule has 10 rings (SSSR count). The molecule has 0 aliphatic rings. The smallest absolute Gasteiger partial charge is 0.135 e. The second-order valence-corrected chi connectivity index (χ2v) is 13.0. The zero-order valence-corrected chi connectivity index (χ0v) is 27.7. The minimum absolute atomic E-state index is 0.874. The van der Waals surface area contributed by atoms with E-state index in [4.69, 9.17) is 8.83 Å². The molecule has 0 atom stereocenters. The predicted octanol–water partition coefficient (Wildman–Crippen LogP) is 14.0. The Balaban J connectivity index is 1.12. The summed E-state index contributed by atoms with van der Waals surface area (Å²) in [6.07, 6.45) is 0. The van der Waals surface area contributed by atoms with Gasteiger partial charge in [0.05, 0.1) is 0 Å². The van der Waals surface area contributed by atoms with Crippen molar-refractivity contribution in [2.24, 2.45) is 0 Å². The molecule has 0 saturated carbocycles. The number of furan rings is 2. The third kappa shape index (κ3) is 5.15. The van der Waals surface area contributed by atoms with Crippen molar-refractivity contribution < 1.29 is 8.83 Å². The molecule has 0 spiro atoms. The van der Waals surface area contributed by atoms with Crippen molar-refractivity contribution in [2.45, 2.75) is 0 Å². The van der Waals surface area contributed by atoms with Crippen LogP contribution in [0.25, 0.3) is 77.3 Å². The van der Waals surface area contributed by atoms with E-state index >= 15 is 0 Å². The Bertz CT molecular complexity index is 2680. The van der Waals surface area contributed by atoms with E-state index in [1.807, 2.05) is 24.3 Å². The van der Waals surface area contributed by atoms with Gasteiger partial charge in [-0.25, -0.2) is 0 Å². The van der Waals surface area contributed by atoms with Gasteiger partial charge in [0, 0.05) is 38.6 Å². The SMILES string of the molecule is c1ccc(-c2cc(-c3ccccc3)cc(-c3ccc(N(c4ccc5oc6ccccc6c5c4)c4ccc5oc6ccccc6c5c4)cc3)c2)cc1. The summed E-state index contributed by atoms with van der Waals surface area (Å²) >= 11 is 0. The lowest BCUT2D eigenvalue weighted by molar-refractivity contribution is 0.668. The topological polar surface area (TPSA) is 29.5 Å². The first-order chi connectivity index (χ1) is 25.2. The highest BCUT2D eigenvalue weighted by Gasteiger charge is 2.18. The number of hydrogen-bond acceptors (Lipinski definition) is 3. The minimum atomic E-state index is 0.874. The summed E-state index contributed by atoms with van der Waals surface area (Å²) in [5.74, 6) is 0. The Morgan fingerprint density at radius 3 is 1.10 bits per heavy atom. The molecule has 0 unspecified atom stereocenters. The highest BCUT2D eigenvalue weighted by atomic mass is 16.3. The average molecular weight is 654 g/mol. The second kappa shape index (κ2) is 11.9. The third-order valence-corrected chi connectivity index (χ3v) is 9.84. The molecule has 240 valence electrons. The fourth-order valence-corrected chi connectivity index (χ4v) is 7.35. The lowest BCUT2D eigenvalue weighted by atomic mass is 9.93. The van der Waals surface area contributed by atoms with Crippen molar-refractivity contribution in [3.05, 3.63) is 188 Å². The van der Waals surface area contributed by atoms with Crippen LogP contribution in [0.5, 0.6) is 0 Å². The van der Waals surface area contributed by atoms with Crippen molar-refractivity contribution in [3.63, 3.8) is 0 Å². The lowest BCUT2D eigenvalue weighted by Gasteiger charge is -2.26. The summed E-state index contributed by atoms with van der Waals surface area (Å²) in [4.78, 5) is 2.32. The average Bonchev–Trinajstić information content (AvgIpc) is 3.77. The highest BCUT2D eigenvalue weighted by molar-refractivity contribution is 6.08. The summed E-state index contributed by atoms with van der Waals surface area (Å²) in [6, 6.07) is 66.4. The van der Waals surface area contributed by atoms with E-state index in [0.717, 1.165) is 66.5 Å². The zero-order chi connectivity index (χ0) is 33.7. The molecule has 51 heavy (non-hydrogen) atoms. The van der Waals surface area contributed by atoms with Gasteiger partial charge in [0.25, 0.3) is 0 Å². The maximum absolute atomic E-state index is 6.21. The largest absolute Gasteiger partial charge is 0.456 e. The molecule has 0 radical (unpaired) electrons. The van der Waals surface area contributed by atoms with Crippen molar-refractivity contribution in [3.8, 4) is 33.4 Å². The number of benzene rings is 8. The molecule has 0 saturated heterocycles. The Morgan fingerprint density at radius 1 is 0.255 bits per heavy atom. The summed E-state index contributed by atoms with van der Waals surface area (Å²) in [5, 5.41) is 4.39. The zero-order valence-electron chi connectivity index (χ0n) is 27.7. The Kier molecular flexibility index (Phi) is 6.81. The molecular weight excluding hydrogens is 623 g/mol. The van der Waals surface area contributed by atoms with Crippen molar-refractivity contribution in [1.82, 2.24) is 0 Å². The van der Waals surface area contributed by atoms with Gasteiger partial charge in [-0.1, -0.05) is 109 Å². The molecule has 0 aliphatic carbocycles. The van der Waals surface area contributed by atoms with E-state index in [0.29, 0.717) is 0 Å². The van der Waals surface area contributed by atoms with Crippen molar-refractivity contribution >= 4 is 60.9 Å². The molecule has 0 fully saturated rings. The molecule has 2 aromatic heterocycles. The first-order valence-corrected chi connectivity index (χ1v) is 17.2. The quantitative estimate of drug-likeness (QED) is 0.179. The third-order valence-electron chi connectivity index (χ3n) is 9.84. The summed E-state index contributed by atoms with van der Waals surface area (Å²) in [5.41, 5.74) is 13.8. The number of hydrogen-bond donors (Lipinski definition) is 0. The fraction of sp³-hybridized carbons (Fsp3) is 0. The fourth-order valence-electron chi connectivity index (χ4n) is 7.35. The Hall–Kier alpha value is -6.84. The molecule has 3 heteroatoms. The number of para-hydroxylation sites is 2. The van der Waals surface area contributed by atoms with Gasteiger partial charge in [-0.15, -0.1) is 0 Å². The predicted molar refractivity (Wildman–Crippen MR) is 212 cm³/mol. The maximum Gasteiger partial charge on any atom is 0.135 e. The van der Waals surface area contributed by atoms with Gasteiger partial charge < -0.3 is 13.7 Å². The van der Waals surface area contributed by atoms with Gasteiger partial charge in [-0.2, -0.15) is 0 Å². The molecule has 8 aromatic carbocycles. The van der Waals surface area contributed by atoms with Crippen molar-refractivity contribution in [2.75, 3.05) is 4.90 Å². The Labute approximate surface area is 295 Å². The summed E-state index contributed by atoms with van der Waals surface area (Å²) in [7, 11) is 0. The van der Waals surface area contributed by atoms with Gasteiger partial charge in [-0.3, -0.25) is 0 Å². The maximum atomic E-state index is 6.21. The van der Waals surface area contributed by atoms with Gasteiger partial charge in [0.15, 0.2) is 0 Å². The van der Waals surface area contributed by atoms with Crippen LogP contribution >= 0.6 is 0 Å². The monoisotopic (exact) mass is 653 g/mol. The van der Waals surface area contributed by atoms with Crippen LogP contribution in [-0.2, 0) is 0 Å². The van der Waals surface area contributed by atoms with Gasteiger partial charge in [0.1, 0.15) is 22.3 Å². The van der Waals surface area contributed by atoms with E-state index in [9.17, 15) is 0 Å². The normalized spacial score (nSPS) is 11.5. The van der Waals surface area contributed by atoms with Crippen LogP contribution in [0.2, 0.25) is 0 Å². The van der Waals surface area contributed by atoms with Crippen LogP contribution in [0.15, 0.2) is 197 Å². The molecule has 0 aliphatic heterocycles. The van der Waals surface area contributed by atoms with E-state index in [-0.39, 0.29) is 0 Å². The minimum Gasteiger partial charge on any atom is -0.456 e. The van der Waals surface area contributed by atoms with E-state index in [2.05, 4.69) is 169 Å². The Morgan fingerprint density at radius 2 is 0.627 bits per heavy atom. The highest BCUT2D eigenvalue weighted by Crippen LogP contribution is 2.42. The number of nitrogens with zero attached hydrogens (tertiary/aromatic N) is 1. The molecule has 0 N–H and O–H groups in total. The molecule has 0 bridgehead atoms. The molecular formula is C48H31NO2. The van der Waals surface area contributed by atoms with E-state index in [1.54, 1.807) is 0 Å². The lowest BCUT2D eigenvalue weighted by Crippen LogP contribution is -2.09. The van der Waals surface area contributed by atoms with E-state index in [1.165, 1.54) is 27.8 Å². The molecule has 2 heterocycles. The van der Waals surface area contributed by atoms with Crippen molar-refractivity contribution in [1.29, 1.82) is 0 Å². The summed E-state index contributed by atoms with van der Waals surface area (Å²) < 4.78 is 12.4. The van der Waals surface area contributed by atoms with Gasteiger partial charge >= 0.3 is 0 Å². The van der Waals surface area contributed by atoms with Gasteiger partial charge in [0.2, 0.25) is 0 Å². The molecule has 0 amide bonds. The van der Waals surface area contributed by atoms with E-state index < -0.39 is 0 Å². The standard InChI is InChI=1S/C48H31NO2/c1-3-11-32(12-4-1)35-27-36(33-13-5-2-6-14-33)29-37(28-35)34-19-21-38(22-20-34)49(39-23-25-47-43(30-39)41-15-7-9-17-45(41)50-47)40-24-26-48-44(31-40)42-16-8-10-18-46(42)51-48/h1-31H. The van der Waals surface area contributed by atoms with Crippen LogP contribution in [0, 0.1) is 0 Å². The van der Waals surface area contributed by atoms with Crippen LogP contribution in [-0.4, -0.2) is 0 Å². The molecule has 10 aromatic rings.